The summed E-state index contributed by atoms with van der Waals surface area (Å²) in [5.74, 6) is 0.280. The number of carbonyl (C=O) groups is 1. The van der Waals surface area contributed by atoms with Crippen molar-refractivity contribution < 1.29 is 4.79 Å². The molecule has 0 saturated heterocycles. The zero-order valence-electron chi connectivity index (χ0n) is 10.5. The Labute approximate surface area is 99.2 Å². The van der Waals surface area contributed by atoms with E-state index in [0.29, 0.717) is 6.04 Å². The van der Waals surface area contributed by atoms with E-state index in [4.69, 9.17) is 5.73 Å². The van der Waals surface area contributed by atoms with Crippen molar-refractivity contribution in [2.75, 3.05) is 6.54 Å². The second-order valence-corrected chi connectivity index (χ2v) is 4.95. The van der Waals surface area contributed by atoms with Crippen LogP contribution in [-0.2, 0) is 4.79 Å². The first-order chi connectivity index (χ1) is 7.74. The second kappa shape index (κ2) is 7.80. The Kier molecular flexibility index (Phi) is 6.65. The van der Waals surface area contributed by atoms with Gasteiger partial charge in [0.15, 0.2) is 0 Å². The van der Waals surface area contributed by atoms with Gasteiger partial charge >= 0.3 is 0 Å². The van der Waals surface area contributed by atoms with Gasteiger partial charge < -0.3 is 11.1 Å². The van der Waals surface area contributed by atoms with E-state index in [1.165, 1.54) is 32.1 Å². The number of hydrogen-bond acceptors (Lipinski definition) is 3. The first-order valence-electron chi connectivity index (χ1n) is 6.70. The van der Waals surface area contributed by atoms with Crippen molar-refractivity contribution in [2.24, 2.45) is 5.73 Å². The Bertz CT molecular complexity index is 200. The van der Waals surface area contributed by atoms with Gasteiger partial charge in [-0.15, -0.1) is 0 Å². The van der Waals surface area contributed by atoms with E-state index < -0.39 is 0 Å². The largest absolute Gasteiger partial charge is 0.330 e. The maximum atomic E-state index is 11.5. The van der Waals surface area contributed by atoms with Crippen LogP contribution in [0.15, 0.2) is 0 Å². The molecule has 0 spiro atoms. The highest BCUT2D eigenvalue weighted by molar-refractivity contribution is 5.81. The van der Waals surface area contributed by atoms with E-state index >= 15 is 0 Å². The van der Waals surface area contributed by atoms with E-state index in [2.05, 4.69) is 5.32 Å². The lowest BCUT2D eigenvalue weighted by Crippen LogP contribution is -2.43. The molecule has 0 radical (unpaired) electrons. The van der Waals surface area contributed by atoms with Gasteiger partial charge in [0.05, 0.1) is 6.04 Å². The SMILES string of the molecule is CC(=O)C(CCCCN)NC1CCCCC1. The van der Waals surface area contributed by atoms with Gasteiger partial charge in [0.25, 0.3) is 0 Å². The summed E-state index contributed by atoms with van der Waals surface area (Å²) in [5.41, 5.74) is 5.47. The smallest absolute Gasteiger partial charge is 0.146 e. The molecule has 0 aromatic heterocycles. The number of unbranched alkanes of at least 4 members (excludes halogenated alkanes) is 1. The number of nitrogens with one attached hydrogen (secondary N) is 1. The molecule has 0 heterocycles. The number of rotatable bonds is 7. The Morgan fingerprint density at radius 1 is 1.31 bits per heavy atom. The molecule has 1 aliphatic rings. The topological polar surface area (TPSA) is 55.1 Å². The second-order valence-electron chi connectivity index (χ2n) is 4.95. The number of nitrogens with two attached hydrogens (primary N) is 1. The molecule has 3 nitrogen and oxygen atoms in total. The lowest BCUT2D eigenvalue weighted by Gasteiger charge is -2.27. The third-order valence-electron chi connectivity index (χ3n) is 3.48. The molecular formula is C13H26N2O. The third-order valence-corrected chi connectivity index (χ3v) is 3.48. The minimum Gasteiger partial charge on any atom is -0.330 e. The van der Waals surface area contributed by atoms with Crippen LogP contribution >= 0.6 is 0 Å². The summed E-state index contributed by atoms with van der Waals surface area (Å²) in [5, 5.41) is 3.52. The molecule has 3 N–H and O–H groups in total. The molecule has 0 amide bonds. The standard InChI is InChI=1S/C13H26N2O/c1-11(16)13(9-5-6-10-14)15-12-7-3-2-4-8-12/h12-13,15H,2-10,14H2,1H3. The average Bonchev–Trinajstić information content (AvgIpc) is 2.29. The minimum atomic E-state index is 0.0645. The molecule has 1 unspecified atom stereocenters. The summed E-state index contributed by atoms with van der Waals surface area (Å²) >= 11 is 0. The van der Waals surface area contributed by atoms with Gasteiger partial charge in [-0.1, -0.05) is 25.7 Å². The summed E-state index contributed by atoms with van der Waals surface area (Å²) in [6, 6.07) is 0.634. The van der Waals surface area contributed by atoms with Gasteiger partial charge in [-0.3, -0.25) is 4.79 Å². The van der Waals surface area contributed by atoms with E-state index in [1.807, 2.05) is 0 Å². The highest BCUT2D eigenvalue weighted by Crippen LogP contribution is 2.18. The number of Topliss-reactive ketones (excluding diaryl/α,β-unsaturated/α-hetero) is 1. The van der Waals surface area contributed by atoms with Crippen LogP contribution in [0.2, 0.25) is 0 Å². The van der Waals surface area contributed by atoms with Crippen LogP contribution in [0, 0.1) is 0 Å². The van der Waals surface area contributed by atoms with Crippen molar-refractivity contribution >= 4 is 5.78 Å². The molecule has 16 heavy (non-hydrogen) atoms. The lowest BCUT2D eigenvalue weighted by atomic mass is 9.94. The monoisotopic (exact) mass is 226 g/mol. The van der Waals surface area contributed by atoms with Gasteiger partial charge in [0.2, 0.25) is 0 Å². The van der Waals surface area contributed by atoms with Crippen molar-refractivity contribution in [1.29, 1.82) is 0 Å². The summed E-state index contributed by atoms with van der Waals surface area (Å²) in [4.78, 5) is 11.5. The van der Waals surface area contributed by atoms with Crippen molar-refractivity contribution in [2.45, 2.75) is 70.4 Å². The predicted octanol–water partition coefficient (Wildman–Crippen LogP) is 2.00. The van der Waals surface area contributed by atoms with Crippen molar-refractivity contribution in [3.63, 3.8) is 0 Å². The summed E-state index contributed by atoms with van der Waals surface area (Å²) in [6.07, 6.45) is 9.48. The Hall–Kier alpha value is -0.410. The summed E-state index contributed by atoms with van der Waals surface area (Å²) < 4.78 is 0. The molecular weight excluding hydrogens is 200 g/mol. The van der Waals surface area contributed by atoms with Crippen LogP contribution in [0.25, 0.3) is 0 Å². The van der Waals surface area contributed by atoms with Gasteiger partial charge in [-0.2, -0.15) is 0 Å². The van der Waals surface area contributed by atoms with E-state index in [-0.39, 0.29) is 11.8 Å². The average molecular weight is 226 g/mol. The van der Waals surface area contributed by atoms with Crippen molar-refractivity contribution in [3.8, 4) is 0 Å². The van der Waals surface area contributed by atoms with Crippen molar-refractivity contribution in [3.05, 3.63) is 0 Å². The van der Waals surface area contributed by atoms with Crippen LogP contribution < -0.4 is 11.1 Å². The molecule has 1 atom stereocenters. The summed E-state index contributed by atoms with van der Waals surface area (Å²) in [6.45, 7) is 2.43. The fraction of sp³-hybridized carbons (Fsp3) is 0.923. The summed E-state index contributed by atoms with van der Waals surface area (Å²) in [7, 11) is 0. The molecule has 0 aromatic carbocycles. The quantitative estimate of drug-likeness (QED) is 0.653. The number of hydrogen-bond donors (Lipinski definition) is 2. The Morgan fingerprint density at radius 2 is 2.00 bits per heavy atom. The van der Waals surface area contributed by atoms with Crippen LogP contribution in [0.3, 0.4) is 0 Å². The van der Waals surface area contributed by atoms with Gasteiger partial charge in [0, 0.05) is 6.04 Å². The van der Waals surface area contributed by atoms with Crippen LogP contribution in [0.5, 0.6) is 0 Å². The fourth-order valence-corrected chi connectivity index (χ4v) is 2.45. The number of carbonyl (C=O) groups excluding carboxylic acids is 1. The minimum absolute atomic E-state index is 0.0645. The van der Waals surface area contributed by atoms with Gasteiger partial charge in [0.1, 0.15) is 5.78 Å². The van der Waals surface area contributed by atoms with E-state index in [1.54, 1.807) is 6.92 Å². The maximum Gasteiger partial charge on any atom is 0.146 e. The lowest BCUT2D eigenvalue weighted by molar-refractivity contribution is -0.119. The van der Waals surface area contributed by atoms with Crippen LogP contribution in [0.4, 0.5) is 0 Å². The van der Waals surface area contributed by atoms with E-state index in [9.17, 15) is 4.79 Å². The maximum absolute atomic E-state index is 11.5. The van der Waals surface area contributed by atoms with E-state index in [0.717, 1.165) is 25.8 Å². The molecule has 0 bridgehead atoms. The first-order valence-corrected chi connectivity index (χ1v) is 6.70. The third kappa shape index (κ3) is 5.08. The first kappa shape index (κ1) is 13.7. The normalized spacial score (nSPS) is 19.6. The molecule has 1 rings (SSSR count). The Balaban J connectivity index is 2.28. The molecule has 1 fully saturated rings. The van der Waals surface area contributed by atoms with Crippen molar-refractivity contribution in [1.82, 2.24) is 5.32 Å². The molecule has 3 heteroatoms. The molecule has 1 aliphatic carbocycles. The highest BCUT2D eigenvalue weighted by atomic mass is 16.1. The van der Waals surface area contributed by atoms with Gasteiger partial charge in [-0.05, 0) is 39.2 Å². The molecule has 0 aliphatic heterocycles. The zero-order chi connectivity index (χ0) is 11.8. The molecule has 1 saturated carbocycles. The molecule has 94 valence electrons. The Morgan fingerprint density at radius 3 is 2.56 bits per heavy atom. The fourth-order valence-electron chi connectivity index (χ4n) is 2.45. The molecule has 0 aromatic rings. The zero-order valence-corrected chi connectivity index (χ0v) is 10.5. The van der Waals surface area contributed by atoms with Crippen LogP contribution in [0.1, 0.15) is 58.3 Å². The highest BCUT2D eigenvalue weighted by Gasteiger charge is 2.20. The van der Waals surface area contributed by atoms with Gasteiger partial charge in [-0.25, -0.2) is 0 Å². The number of ketones is 1. The van der Waals surface area contributed by atoms with Crippen LogP contribution in [-0.4, -0.2) is 24.4 Å². The predicted molar refractivity (Wildman–Crippen MR) is 67.4 cm³/mol.